The highest BCUT2D eigenvalue weighted by Gasteiger charge is 2.35. The van der Waals surface area contributed by atoms with Crippen LogP contribution >= 0.6 is 0 Å². The number of benzene rings is 2. The molecule has 0 saturated heterocycles. The first-order valence-electron chi connectivity index (χ1n) is 13.2. The highest BCUT2D eigenvalue weighted by Crippen LogP contribution is 2.41. The van der Waals surface area contributed by atoms with Crippen LogP contribution in [0.15, 0.2) is 69.2 Å². The van der Waals surface area contributed by atoms with E-state index in [0.717, 1.165) is 0 Å². The van der Waals surface area contributed by atoms with Crippen LogP contribution in [0.2, 0.25) is 0 Å². The number of aromatic hydroxyl groups is 1. The smallest absolute Gasteiger partial charge is 0.336 e. The number of esters is 1. The Labute approximate surface area is 245 Å². The zero-order valence-electron chi connectivity index (χ0n) is 24.1. The van der Waals surface area contributed by atoms with Crippen molar-refractivity contribution < 1.29 is 38.2 Å². The summed E-state index contributed by atoms with van der Waals surface area (Å²) in [6, 6.07) is 12.9. The first-order valence-corrected chi connectivity index (χ1v) is 13.2. The van der Waals surface area contributed by atoms with Crippen molar-refractivity contribution in [3.8, 4) is 34.3 Å². The number of carbonyl (C=O) groups excluding carboxylic acids is 1. The second kappa shape index (κ2) is 11.8. The number of hydrogen-bond donors (Lipinski definition) is 2. The lowest BCUT2D eigenvalue weighted by Gasteiger charge is -2.24. The summed E-state index contributed by atoms with van der Waals surface area (Å²) in [4.78, 5) is 32.0. The molecule has 0 bridgehead atoms. The average Bonchev–Trinajstić information content (AvgIpc) is 3.59. The number of allylic oxidation sites excluding steroid dienone is 1. The molecule has 0 amide bonds. The molecule has 3 heterocycles. The maximum atomic E-state index is 13.2. The maximum absolute atomic E-state index is 13.2. The molecular weight excluding hydrogens is 558 g/mol. The predicted molar refractivity (Wildman–Crippen MR) is 155 cm³/mol. The van der Waals surface area contributed by atoms with Gasteiger partial charge in [0.15, 0.2) is 11.5 Å². The minimum Gasteiger partial charge on any atom is -0.505 e. The van der Waals surface area contributed by atoms with Gasteiger partial charge in [-0.15, -0.1) is 0 Å². The number of nitro groups is 1. The van der Waals surface area contributed by atoms with Gasteiger partial charge < -0.3 is 33.5 Å². The number of aromatic amines is 1. The van der Waals surface area contributed by atoms with Crippen molar-refractivity contribution in [2.45, 2.75) is 19.8 Å². The molecule has 1 aliphatic rings. The summed E-state index contributed by atoms with van der Waals surface area (Å²) >= 11 is 0. The maximum Gasteiger partial charge on any atom is 0.336 e. The van der Waals surface area contributed by atoms with Gasteiger partial charge in [-0.25, -0.2) is 9.79 Å². The summed E-state index contributed by atoms with van der Waals surface area (Å²) in [6.07, 6.45) is 1.55. The number of nitrogens with one attached hydrogen (secondary N) is 1. The van der Waals surface area contributed by atoms with Crippen LogP contribution in [0, 0.1) is 10.1 Å². The quantitative estimate of drug-likeness (QED) is 0.165. The SMILES string of the molecule is CCOC(=O)C1=C(C)N=c2[nH]c(=Cc3ccc(-c4ccc(OC)cc4[N+](=O)[O-])o3)c(O)c2C1c1ccc(OC)c(OC)c1. The predicted octanol–water partition coefficient (Wildman–Crippen LogP) is 4.35. The third kappa shape index (κ3) is 5.30. The number of furan rings is 1. The topological polar surface area (TPSA) is 159 Å². The van der Waals surface area contributed by atoms with Crippen LogP contribution in [-0.2, 0) is 9.53 Å². The number of nitrogens with zero attached hydrogens (tertiary/aromatic N) is 2. The minimum absolute atomic E-state index is 0.152. The molecule has 4 aromatic rings. The number of methoxy groups -OCH3 is 3. The van der Waals surface area contributed by atoms with E-state index in [1.807, 2.05) is 0 Å². The molecule has 12 heteroatoms. The summed E-state index contributed by atoms with van der Waals surface area (Å²) in [7, 11) is 4.46. The van der Waals surface area contributed by atoms with Crippen LogP contribution in [0.1, 0.15) is 36.7 Å². The summed E-state index contributed by atoms with van der Waals surface area (Å²) in [5, 5.41) is 23.5. The van der Waals surface area contributed by atoms with Gasteiger partial charge in [0.2, 0.25) is 0 Å². The van der Waals surface area contributed by atoms with E-state index in [4.69, 9.17) is 23.4 Å². The molecule has 5 rings (SSSR count). The van der Waals surface area contributed by atoms with Gasteiger partial charge in [0, 0.05) is 6.08 Å². The number of aromatic nitrogens is 1. The number of carbonyl (C=O) groups is 1. The Balaban J connectivity index is 1.64. The number of ether oxygens (including phenoxy) is 4. The Morgan fingerprint density at radius 3 is 2.53 bits per heavy atom. The lowest BCUT2D eigenvalue weighted by molar-refractivity contribution is -0.384. The fourth-order valence-corrected chi connectivity index (χ4v) is 5.11. The second-order valence-electron chi connectivity index (χ2n) is 9.51. The third-order valence-corrected chi connectivity index (χ3v) is 7.08. The van der Waals surface area contributed by atoms with Gasteiger partial charge in [-0.2, -0.15) is 0 Å². The van der Waals surface area contributed by atoms with E-state index >= 15 is 0 Å². The van der Waals surface area contributed by atoms with E-state index in [2.05, 4.69) is 9.98 Å². The summed E-state index contributed by atoms with van der Waals surface area (Å²) in [5.41, 5.74) is 2.14. The van der Waals surface area contributed by atoms with E-state index in [1.54, 1.807) is 62.4 Å². The molecule has 0 saturated carbocycles. The van der Waals surface area contributed by atoms with Crippen molar-refractivity contribution in [3.63, 3.8) is 0 Å². The molecule has 1 aliphatic heterocycles. The molecule has 2 N–H and O–H groups in total. The minimum atomic E-state index is -0.751. The van der Waals surface area contributed by atoms with Gasteiger partial charge in [-0.3, -0.25) is 10.1 Å². The highest BCUT2D eigenvalue weighted by atomic mass is 16.6. The van der Waals surface area contributed by atoms with Gasteiger partial charge in [-0.1, -0.05) is 6.07 Å². The van der Waals surface area contributed by atoms with Crippen molar-refractivity contribution in [1.82, 2.24) is 4.98 Å². The van der Waals surface area contributed by atoms with E-state index in [1.165, 1.54) is 27.4 Å². The van der Waals surface area contributed by atoms with Crippen molar-refractivity contribution in [2.24, 2.45) is 4.99 Å². The van der Waals surface area contributed by atoms with Gasteiger partial charge in [0.05, 0.1) is 72.6 Å². The van der Waals surface area contributed by atoms with Crippen LogP contribution in [0.5, 0.6) is 23.0 Å². The lowest BCUT2D eigenvalue weighted by atomic mass is 9.83. The van der Waals surface area contributed by atoms with E-state index in [0.29, 0.717) is 45.3 Å². The monoisotopic (exact) mass is 587 g/mol. The Hall–Kier alpha value is -5.52. The average molecular weight is 588 g/mol. The summed E-state index contributed by atoms with van der Waals surface area (Å²) in [6.45, 7) is 3.57. The van der Waals surface area contributed by atoms with Crippen LogP contribution in [0.25, 0.3) is 17.4 Å². The number of hydrogen-bond acceptors (Lipinski definition) is 10. The molecule has 1 unspecified atom stereocenters. The van der Waals surface area contributed by atoms with E-state index < -0.39 is 16.8 Å². The normalized spacial score (nSPS) is 14.6. The zero-order valence-corrected chi connectivity index (χ0v) is 24.1. The van der Waals surface area contributed by atoms with Crippen molar-refractivity contribution >= 4 is 17.7 Å². The zero-order chi connectivity index (χ0) is 30.8. The third-order valence-electron chi connectivity index (χ3n) is 7.08. The molecule has 0 aliphatic carbocycles. The molecule has 0 fully saturated rings. The van der Waals surface area contributed by atoms with Gasteiger partial charge in [0.25, 0.3) is 5.69 Å². The number of nitro benzene ring substituents is 1. The molecule has 43 heavy (non-hydrogen) atoms. The summed E-state index contributed by atoms with van der Waals surface area (Å²) < 4.78 is 27.3. The molecule has 2 aromatic heterocycles. The van der Waals surface area contributed by atoms with Crippen LogP contribution in [0.3, 0.4) is 0 Å². The van der Waals surface area contributed by atoms with E-state index in [9.17, 15) is 20.0 Å². The number of H-pyrrole nitrogens is 1. The first-order chi connectivity index (χ1) is 20.7. The Morgan fingerprint density at radius 2 is 1.86 bits per heavy atom. The van der Waals surface area contributed by atoms with Crippen LogP contribution < -0.4 is 25.0 Å². The van der Waals surface area contributed by atoms with Crippen LogP contribution in [-0.4, -0.2) is 48.9 Å². The Morgan fingerprint density at radius 1 is 1.09 bits per heavy atom. The molecule has 2 aromatic carbocycles. The number of rotatable bonds is 9. The van der Waals surface area contributed by atoms with Crippen molar-refractivity contribution in [1.29, 1.82) is 0 Å². The number of fused-ring (bicyclic) bond motifs is 1. The molecule has 0 radical (unpaired) electrons. The Bertz CT molecular complexity index is 1880. The van der Waals surface area contributed by atoms with E-state index in [-0.39, 0.29) is 40.3 Å². The van der Waals surface area contributed by atoms with Gasteiger partial charge in [0.1, 0.15) is 28.5 Å². The largest absolute Gasteiger partial charge is 0.505 e. The second-order valence-corrected chi connectivity index (χ2v) is 9.51. The Kier molecular flexibility index (Phi) is 7.93. The van der Waals surface area contributed by atoms with Gasteiger partial charge >= 0.3 is 5.97 Å². The fourth-order valence-electron chi connectivity index (χ4n) is 5.11. The molecule has 222 valence electrons. The van der Waals surface area contributed by atoms with Gasteiger partial charge in [-0.05, 0) is 55.8 Å². The first kappa shape index (κ1) is 29.0. The lowest BCUT2D eigenvalue weighted by Crippen LogP contribution is -2.26. The molecular formula is C31H29N3O9. The molecule has 0 spiro atoms. The van der Waals surface area contributed by atoms with Crippen molar-refractivity contribution in [2.75, 3.05) is 27.9 Å². The standard InChI is InChI=1S/C31H29N3O9/c1-6-42-31(36)26-16(2)32-30-28(27(26)17-7-11-24(40-4)25(13-17)41-5)29(35)21(33-30)14-19-9-12-23(43-19)20-10-8-18(39-3)15-22(20)34(37)38/h7-15,27,35H,6H2,1-5H3,(H,32,33). The molecule has 1 atom stereocenters. The highest BCUT2D eigenvalue weighted by molar-refractivity contribution is 5.92. The fraction of sp³-hybridized carbons (Fsp3) is 0.226. The molecule has 12 nitrogen and oxygen atoms in total. The van der Waals surface area contributed by atoms with Crippen molar-refractivity contribution in [3.05, 3.63) is 97.6 Å². The summed E-state index contributed by atoms with van der Waals surface area (Å²) in [5.74, 6) is 0.399. The van der Waals surface area contributed by atoms with Crippen LogP contribution in [0.4, 0.5) is 5.69 Å².